The van der Waals surface area contributed by atoms with Gasteiger partial charge in [0, 0.05) is 48.8 Å². The molecule has 3 nitrogen and oxygen atoms in total. The van der Waals surface area contributed by atoms with E-state index < -0.39 is 0 Å². The Hall–Kier alpha value is -0.740. The molecule has 1 saturated heterocycles. The largest absolute Gasteiger partial charge is 0.358 e. The number of aromatic nitrogens is 1. The fourth-order valence-corrected chi connectivity index (χ4v) is 3.62. The molecule has 0 unspecified atom stereocenters. The Morgan fingerprint density at radius 1 is 1.09 bits per heavy atom. The van der Waals surface area contributed by atoms with E-state index in [4.69, 9.17) is 0 Å². The highest BCUT2D eigenvalue weighted by Crippen LogP contribution is 2.35. The van der Waals surface area contributed by atoms with Crippen LogP contribution in [0.3, 0.4) is 0 Å². The normalized spacial score (nSPS) is 16.9. The molecule has 1 atom stereocenters. The van der Waals surface area contributed by atoms with E-state index in [1.807, 2.05) is 0 Å². The molecule has 2 N–H and O–H groups in total. The highest BCUT2D eigenvalue weighted by atomic mass is 35.5. The lowest BCUT2D eigenvalue weighted by Gasteiger charge is -2.36. The van der Waals surface area contributed by atoms with Gasteiger partial charge in [-0.15, -0.1) is 24.8 Å². The van der Waals surface area contributed by atoms with Gasteiger partial charge in [0.15, 0.2) is 0 Å². The van der Waals surface area contributed by atoms with Crippen LogP contribution >= 0.6 is 24.8 Å². The average molecular weight is 358 g/mol. The standard InChI is InChI=1S/C18H27N3.2ClH/c1-13(2)12-17(21-10-8-19-9-11-21)18-14(3)20-16-7-5-4-6-15(16)18;;/h4-7,13,17,19-20H,8-12H2,1-3H3;2*1H/t17-;;/m0../s1. The first kappa shape index (κ1) is 20.3. The molecule has 2 heterocycles. The molecule has 3 rings (SSSR count). The summed E-state index contributed by atoms with van der Waals surface area (Å²) in [6.45, 7) is 11.4. The van der Waals surface area contributed by atoms with E-state index >= 15 is 0 Å². The maximum absolute atomic E-state index is 3.58. The monoisotopic (exact) mass is 357 g/mol. The third-order valence-electron chi connectivity index (χ3n) is 4.56. The maximum Gasteiger partial charge on any atom is 0.0459 e. The number of halogens is 2. The van der Waals surface area contributed by atoms with Crippen molar-refractivity contribution < 1.29 is 0 Å². The summed E-state index contributed by atoms with van der Waals surface area (Å²) in [5.74, 6) is 0.706. The van der Waals surface area contributed by atoms with Crippen molar-refractivity contribution in [2.75, 3.05) is 26.2 Å². The fraction of sp³-hybridized carbons (Fsp3) is 0.556. The number of hydrogen-bond donors (Lipinski definition) is 2. The smallest absolute Gasteiger partial charge is 0.0459 e. The molecule has 23 heavy (non-hydrogen) atoms. The lowest BCUT2D eigenvalue weighted by atomic mass is 9.93. The van der Waals surface area contributed by atoms with Crippen LogP contribution in [0.1, 0.15) is 37.6 Å². The van der Waals surface area contributed by atoms with Gasteiger partial charge in [-0.1, -0.05) is 32.0 Å². The molecule has 2 aromatic rings. The van der Waals surface area contributed by atoms with Gasteiger partial charge in [-0.2, -0.15) is 0 Å². The maximum atomic E-state index is 3.58. The Labute approximate surface area is 152 Å². The van der Waals surface area contributed by atoms with E-state index in [2.05, 4.69) is 60.2 Å². The summed E-state index contributed by atoms with van der Waals surface area (Å²) in [6.07, 6.45) is 1.22. The molecule has 5 heteroatoms. The molecule has 1 aliphatic rings. The molecule has 1 aliphatic heterocycles. The van der Waals surface area contributed by atoms with Crippen LogP contribution in [0.4, 0.5) is 0 Å². The zero-order valence-electron chi connectivity index (χ0n) is 14.3. The molecule has 0 amide bonds. The molecular formula is C18H29Cl2N3. The Balaban J connectivity index is 0.00000132. The number of fused-ring (bicyclic) bond motifs is 1. The Bertz CT molecular complexity index is 603. The number of aromatic amines is 1. The number of nitrogens with one attached hydrogen (secondary N) is 2. The van der Waals surface area contributed by atoms with Crippen LogP contribution in [-0.2, 0) is 0 Å². The molecule has 0 saturated carbocycles. The minimum Gasteiger partial charge on any atom is -0.358 e. The number of benzene rings is 1. The van der Waals surface area contributed by atoms with Gasteiger partial charge in [-0.25, -0.2) is 0 Å². The highest BCUT2D eigenvalue weighted by molar-refractivity contribution is 5.86. The van der Waals surface area contributed by atoms with Gasteiger partial charge >= 0.3 is 0 Å². The van der Waals surface area contributed by atoms with E-state index in [0.717, 1.165) is 26.2 Å². The van der Waals surface area contributed by atoms with Crippen LogP contribution in [-0.4, -0.2) is 36.1 Å². The van der Waals surface area contributed by atoms with Gasteiger partial charge < -0.3 is 10.3 Å². The Morgan fingerprint density at radius 3 is 2.39 bits per heavy atom. The first-order valence-corrected chi connectivity index (χ1v) is 8.18. The van der Waals surface area contributed by atoms with Crippen molar-refractivity contribution in [2.24, 2.45) is 5.92 Å². The summed E-state index contributed by atoms with van der Waals surface area (Å²) in [5, 5.41) is 4.87. The van der Waals surface area contributed by atoms with Crippen LogP contribution in [0.15, 0.2) is 24.3 Å². The number of rotatable bonds is 4. The molecule has 0 aliphatic carbocycles. The Morgan fingerprint density at radius 2 is 1.74 bits per heavy atom. The van der Waals surface area contributed by atoms with Crippen LogP contribution in [0.25, 0.3) is 10.9 Å². The van der Waals surface area contributed by atoms with Crippen LogP contribution in [0.2, 0.25) is 0 Å². The van der Waals surface area contributed by atoms with Crippen molar-refractivity contribution in [3.05, 3.63) is 35.5 Å². The minimum absolute atomic E-state index is 0. The van der Waals surface area contributed by atoms with Crippen molar-refractivity contribution in [3.63, 3.8) is 0 Å². The minimum atomic E-state index is 0. The van der Waals surface area contributed by atoms with Gasteiger partial charge in [-0.3, -0.25) is 4.90 Å². The van der Waals surface area contributed by atoms with Crippen LogP contribution in [0, 0.1) is 12.8 Å². The summed E-state index contributed by atoms with van der Waals surface area (Å²) >= 11 is 0. The predicted octanol–water partition coefficient (Wildman–Crippen LogP) is 4.31. The number of nitrogens with zero attached hydrogens (tertiary/aromatic N) is 1. The Kier molecular flexibility index (Phi) is 7.88. The number of para-hydroxylation sites is 1. The SMILES string of the molecule is Cc1[nH]c2ccccc2c1[C@H](CC(C)C)N1CCNCC1.Cl.Cl. The fourth-order valence-electron chi connectivity index (χ4n) is 3.62. The topological polar surface area (TPSA) is 31.1 Å². The predicted molar refractivity (Wildman–Crippen MR) is 104 cm³/mol. The van der Waals surface area contributed by atoms with Crippen LogP contribution < -0.4 is 5.32 Å². The lowest BCUT2D eigenvalue weighted by molar-refractivity contribution is 0.154. The van der Waals surface area contributed by atoms with E-state index in [-0.39, 0.29) is 24.8 Å². The summed E-state index contributed by atoms with van der Waals surface area (Å²) in [5.41, 5.74) is 4.12. The summed E-state index contributed by atoms with van der Waals surface area (Å²) < 4.78 is 0. The zero-order valence-corrected chi connectivity index (χ0v) is 15.9. The summed E-state index contributed by atoms with van der Waals surface area (Å²) in [4.78, 5) is 6.24. The second-order valence-corrected chi connectivity index (χ2v) is 6.64. The van der Waals surface area contributed by atoms with Crippen molar-refractivity contribution >= 4 is 35.7 Å². The van der Waals surface area contributed by atoms with Crippen molar-refractivity contribution in [1.29, 1.82) is 0 Å². The van der Waals surface area contributed by atoms with Gasteiger partial charge in [0.05, 0.1) is 0 Å². The lowest BCUT2D eigenvalue weighted by Crippen LogP contribution is -2.45. The zero-order chi connectivity index (χ0) is 14.8. The van der Waals surface area contributed by atoms with Gasteiger partial charge in [0.2, 0.25) is 0 Å². The second kappa shape index (κ2) is 8.93. The van der Waals surface area contributed by atoms with Gasteiger partial charge in [0.1, 0.15) is 0 Å². The molecule has 0 bridgehead atoms. The van der Waals surface area contributed by atoms with E-state index in [1.54, 1.807) is 0 Å². The second-order valence-electron chi connectivity index (χ2n) is 6.64. The number of H-pyrrole nitrogens is 1. The summed E-state index contributed by atoms with van der Waals surface area (Å²) in [7, 11) is 0. The van der Waals surface area contributed by atoms with Crippen molar-refractivity contribution in [1.82, 2.24) is 15.2 Å². The van der Waals surface area contributed by atoms with Crippen LogP contribution in [0.5, 0.6) is 0 Å². The molecule has 130 valence electrons. The van der Waals surface area contributed by atoms with E-state index in [9.17, 15) is 0 Å². The molecule has 0 radical (unpaired) electrons. The molecule has 1 aromatic carbocycles. The number of piperazine rings is 1. The van der Waals surface area contributed by atoms with E-state index in [1.165, 1.54) is 28.6 Å². The number of hydrogen-bond acceptors (Lipinski definition) is 2. The van der Waals surface area contributed by atoms with Crippen molar-refractivity contribution in [3.8, 4) is 0 Å². The molecular weight excluding hydrogens is 329 g/mol. The highest BCUT2D eigenvalue weighted by Gasteiger charge is 2.26. The molecule has 1 fully saturated rings. The average Bonchev–Trinajstić information content (AvgIpc) is 2.81. The molecule has 0 spiro atoms. The molecule has 1 aromatic heterocycles. The number of aryl methyl sites for hydroxylation is 1. The van der Waals surface area contributed by atoms with Gasteiger partial charge in [-0.05, 0) is 30.9 Å². The third kappa shape index (κ3) is 4.42. The van der Waals surface area contributed by atoms with E-state index in [0.29, 0.717) is 12.0 Å². The first-order valence-electron chi connectivity index (χ1n) is 8.18. The summed E-state index contributed by atoms with van der Waals surface area (Å²) in [6, 6.07) is 9.26. The van der Waals surface area contributed by atoms with Crippen molar-refractivity contribution in [2.45, 2.75) is 33.2 Å². The quantitative estimate of drug-likeness (QED) is 0.853. The first-order chi connectivity index (χ1) is 10.2. The third-order valence-corrected chi connectivity index (χ3v) is 4.56. The van der Waals surface area contributed by atoms with Gasteiger partial charge in [0.25, 0.3) is 0 Å².